The summed E-state index contributed by atoms with van der Waals surface area (Å²) < 4.78 is 94.5. The van der Waals surface area contributed by atoms with Gasteiger partial charge in [0.2, 0.25) is 0 Å². The number of rotatable bonds is 4. The SMILES string of the molecule is [2H]C([2H])([2H])c1ccnc(Oc2ccc(-c3c(-c4c(C)cc(C#C)nc4C)n(C([2H])([2H])[2H])c4ncnc(C([2H])([2H])[2H])c34)cc2F)n1. The van der Waals surface area contributed by atoms with Crippen molar-refractivity contribution in [3.05, 3.63) is 77.0 Å². The van der Waals surface area contributed by atoms with Gasteiger partial charge in [0.05, 0.1) is 11.4 Å². The first kappa shape index (κ1) is 14.7. The molecule has 4 aromatic heterocycles. The lowest BCUT2D eigenvalue weighted by Crippen LogP contribution is -2.01. The average molecular weight is 488 g/mol. The molecule has 0 aliphatic rings. The summed E-state index contributed by atoms with van der Waals surface area (Å²) >= 11 is 0. The van der Waals surface area contributed by atoms with Crippen LogP contribution >= 0.6 is 0 Å². The molecular weight excluding hydrogens is 455 g/mol. The van der Waals surface area contributed by atoms with Crippen LogP contribution < -0.4 is 4.74 Å². The van der Waals surface area contributed by atoms with Crippen LogP contribution in [-0.2, 0) is 6.98 Å². The average Bonchev–Trinajstić information content (AvgIpc) is 3.28. The molecule has 178 valence electrons. The van der Waals surface area contributed by atoms with E-state index in [1.165, 1.54) is 18.2 Å². The van der Waals surface area contributed by atoms with Gasteiger partial charge in [0.15, 0.2) is 11.6 Å². The summed E-state index contributed by atoms with van der Waals surface area (Å²) in [7, 11) is 0. The summed E-state index contributed by atoms with van der Waals surface area (Å²) in [4.78, 5) is 20.3. The third-order valence-corrected chi connectivity index (χ3v) is 5.59. The van der Waals surface area contributed by atoms with Crippen molar-refractivity contribution in [1.82, 2.24) is 29.5 Å². The van der Waals surface area contributed by atoms with Crippen LogP contribution in [0.2, 0.25) is 0 Å². The van der Waals surface area contributed by atoms with Crippen LogP contribution in [0.15, 0.2) is 42.9 Å². The summed E-state index contributed by atoms with van der Waals surface area (Å²) in [6, 6.07) is 5.96. The highest BCUT2D eigenvalue weighted by Crippen LogP contribution is 2.43. The van der Waals surface area contributed by atoms with Crippen LogP contribution in [0.1, 0.15) is 40.7 Å². The molecule has 1 aromatic carbocycles. The predicted molar refractivity (Wildman–Crippen MR) is 136 cm³/mol. The van der Waals surface area contributed by atoms with E-state index in [0.29, 0.717) is 22.5 Å². The van der Waals surface area contributed by atoms with E-state index in [2.05, 4.69) is 30.8 Å². The number of hydrogen-bond donors (Lipinski definition) is 0. The first-order valence-corrected chi connectivity index (χ1v) is 10.6. The molecule has 36 heavy (non-hydrogen) atoms. The standard InChI is InChI=1S/C28H23FN6O/c1-7-20-12-15(2)23(18(5)34-20)26-25(24-17(4)31-14-32-27(24)35(26)6)19-8-9-22(21(29)13-19)36-28-30-11-10-16(3)33-28/h1,8-14H,2-6H3/i3D3,4D3,6D3. The monoisotopic (exact) mass is 487 g/mol. The fourth-order valence-electron chi connectivity index (χ4n) is 4.12. The zero-order valence-electron chi connectivity index (χ0n) is 28.1. The van der Waals surface area contributed by atoms with E-state index in [1.807, 2.05) is 0 Å². The van der Waals surface area contributed by atoms with Gasteiger partial charge in [0, 0.05) is 53.4 Å². The van der Waals surface area contributed by atoms with Crippen LogP contribution in [0.25, 0.3) is 33.4 Å². The highest BCUT2D eigenvalue weighted by atomic mass is 19.1. The fourth-order valence-corrected chi connectivity index (χ4v) is 4.12. The minimum absolute atomic E-state index is 0.00357. The first-order chi connectivity index (χ1) is 20.9. The Kier molecular flexibility index (Phi) is 3.61. The van der Waals surface area contributed by atoms with E-state index >= 15 is 4.39 Å². The Morgan fingerprint density at radius 1 is 1.03 bits per heavy atom. The first-order valence-electron chi connectivity index (χ1n) is 15.1. The minimum Gasteiger partial charge on any atom is -0.421 e. The lowest BCUT2D eigenvalue weighted by Gasteiger charge is -2.15. The van der Waals surface area contributed by atoms with Gasteiger partial charge in [0.25, 0.3) is 0 Å². The largest absolute Gasteiger partial charge is 0.421 e. The molecule has 5 aromatic rings. The van der Waals surface area contributed by atoms with Crippen molar-refractivity contribution in [2.45, 2.75) is 27.6 Å². The van der Waals surface area contributed by atoms with Gasteiger partial charge in [-0.3, -0.25) is 0 Å². The number of halogens is 1. The van der Waals surface area contributed by atoms with Crippen molar-refractivity contribution < 1.29 is 21.5 Å². The van der Waals surface area contributed by atoms with Crippen LogP contribution in [0.3, 0.4) is 0 Å². The Balaban J connectivity index is 1.83. The molecule has 4 heterocycles. The number of benzene rings is 1. The van der Waals surface area contributed by atoms with Gasteiger partial charge in [-0.25, -0.2) is 29.3 Å². The smallest absolute Gasteiger partial charge is 0.322 e. The highest BCUT2D eigenvalue weighted by Gasteiger charge is 2.25. The number of fused-ring (bicyclic) bond motifs is 1. The van der Waals surface area contributed by atoms with Crippen LogP contribution in [0.4, 0.5) is 4.39 Å². The van der Waals surface area contributed by atoms with Gasteiger partial charge in [-0.2, -0.15) is 0 Å². The number of hydrogen-bond acceptors (Lipinski definition) is 6. The summed E-state index contributed by atoms with van der Waals surface area (Å²) in [5.41, 5.74) is 0.635. The van der Waals surface area contributed by atoms with Gasteiger partial charge in [-0.05, 0) is 62.9 Å². The Labute approximate surface area is 220 Å². The number of aromatic nitrogens is 6. The quantitative estimate of drug-likeness (QED) is 0.306. The lowest BCUT2D eigenvalue weighted by molar-refractivity contribution is 0.410. The Bertz CT molecular complexity index is 1990. The maximum absolute atomic E-state index is 15.7. The van der Waals surface area contributed by atoms with Crippen molar-refractivity contribution in [3.63, 3.8) is 0 Å². The Morgan fingerprint density at radius 2 is 1.92 bits per heavy atom. The summed E-state index contributed by atoms with van der Waals surface area (Å²) in [5.74, 6) is 1.12. The summed E-state index contributed by atoms with van der Waals surface area (Å²) in [6.07, 6.45) is 7.68. The Morgan fingerprint density at radius 3 is 2.64 bits per heavy atom. The molecule has 0 radical (unpaired) electrons. The number of terminal acetylenes is 1. The molecule has 0 saturated carbocycles. The molecule has 0 saturated heterocycles. The number of aryl methyl sites for hydroxylation is 5. The van der Waals surface area contributed by atoms with E-state index in [9.17, 15) is 0 Å². The normalized spacial score (nSPS) is 15.8. The maximum Gasteiger partial charge on any atom is 0.322 e. The molecule has 0 aliphatic heterocycles. The molecule has 5 rings (SSSR count). The molecule has 0 spiro atoms. The van der Waals surface area contributed by atoms with Crippen LogP contribution in [0, 0.1) is 45.7 Å². The molecular formula is C28H23FN6O. The van der Waals surface area contributed by atoms with Gasteiger partial charge in [-0.1, -0.05) is 12.0 Å². The fraction of sp³-hybridized carbons (Fsp3) is 0.179. The van der Waals surface area contributed by atoms with Crippen molar-refractivity contribution in [2.24, 2.45) is 6.98 Å². The molecule has 0 fully saturated rings. The van der Waals surface area contributed by atoms with E-state index in [4.69, 9.17) is 23.5 Å². The van der Waals surface area contributed by atoms with Crippen molar-refractivity contribution in [3.8, 4) is 46.5 Å². The zero-order chi connectivity index (χ0) is 33.1. The van der Waals surface area contributed by atoms with Crippen molar-refractivity contribution >= 4 is 11.0 Å². The van der Waals surface area contributed by atoms with E-state index < -0.39 is 38.2 Å². The van der Waals surface area contributed by atoms with Gasteiger partial charge in [-0.15, -0.1) is 6.42 Å². The molecule has 0 bridgehead atoms. The second-order valence-corrected chi connectivity index (χ2v) is 7.88. The minimum atomic E-state index is -2.89. The highest BCUT2D eigenvalue weighted by molar-refractivity contribution is 6.05. The summed E-state index contributed by atoms with van der Waals surface area (Å²) in [6.45, 7) is -4.94. The maximum atomic E-state index is 15.7. The molecule has 0 aliphatic carbocycles. The van der Waals surface area contributed by atoms with Crippen molar-refractivity contribution in [2.75, 3.05) is 0 Å². The van der Waals surface area contributed by atoms with Gasteiger partial charge < -0.3 is 9.30 Å². The zero-order valence-corrected chi connectivity index (χ0v) is 19.1. The third kappa shape index (κ3) is 3.85. The molecule has 8 heteroatoms. The van der Waals surface area contributed by atoms with Gasteiger partial charge in [0.1, 0.15) is 17.7 Å². The molecule has 0 amide bonds. The van der Waals surface area contributed by atoms with Crippen LogP contribution in [0.5, 0.6) is 11.8 Å². The second-order valence-electron chi connectivity index (χ2n) is 7.88. The lowest BCUT2D eigenvalue weighted by atomic mass is 9.94. The number of nitrogens with zero attached hydrogens (tertiary/aromatic N) is 6. The van der Waals surface area contributed by atoms with Gasteiger partial charge >= 0.3 is 6.01 Å². The predicted octanol–water partition coefficient (Wildman–Crippen LogP) is 5.63. The topological polar surface area (TPSA) is 78.6 Å². The molecule has 0 unspecified atom stereocenters. The molecule has 7 nitrogen and oxygen atoms in total. The van der Waals surface area contributed by atoms with E-state index in [0.717, 1.165) is 23.2 Å². The number of pyridine rings is 1. The van der Waals surface area contributed by atoms with E-state index in [-0.39, 0.29) is 39.3 Å². The third-order valence-electron chi connectivity index (χ3n) is 5.59. The number of ether oxygens (including phenoxy) is 1. The van der Waals surface area contributed by atoms with Crippen LogP contribution in [-0.4, -0.2) is 29.5 Å². The molecule has 0 N–H and O–H groups in total. The van der Waals surface area contributed by atoms with Crippen molar-refractivity contribution in [1.29, 1.82) is 0 Å². The summed E-state index contributed by atoms with van der Waals surface area (Å²) in [5, 5.41) is -0.120. The second kappa shape index (κ2) is 8.86. The Hall–Kier alpha value is -4.64. The molecule has 0 atom stereocenters. The van der Waals surface area contributed by atoms with E-state index in [1.54, 1.807) is 19.9 Å².